The molecule has 1 aromatic heterocycles. The van der Waals surface area contributed by atoms with E-state index in [0.717, 1.165) is 0 Å². The summed E-state index contributed by atoms with van der Waals surface area (Å²) in [5, 5.41) is 11.0. The number of carbonyl (C=O) groups excluding carboxylic acids is 3. The summed E-state index contributed by atoms with van der Waals surface area (Å²) in [6.45, 7) is 0. The SMILES string of the molecule is N#CCC(=O)Nc1ccc(C(=O)NNC(=O)c2cncn2-c2ccc(F)cc2)cc1. The fourth-order valence-corrected chi connectivity index (χ4v) is 2.50. The van der Waals surface area contributed by atoms with Crippen LogP contribution in [0.1, 0.15) is 27.3 Å². The van der Waals surface area contributed by atoms with Gasteiger partial charge in [-0.1, -0.05) is 0 Å². The summed E-state index contributed by atoms with van der Waals surface area (Å²) in [5.41, 5.74) is 5.90. The predicted octanol–water partition coefficient (Wildman–Crippen LogP) is 1.94. The Balaban J connectivity index is 1.61. The van der Waals surface area contributed by atoms with Crippen LogP contribution in [0.4, 0.5) is 10.1 Å². The van der Waals surface area contributed by atoms with E-state index >= 15 is 0 Å². The maximum Gasteiger partial charge on any atom is 0.288 e. The van der Waals surface area contributed by atoms with E-state index < -0.39 is 23.5 Å². The number of imidazole rings is 1. The Bertz CT molecular complexity index is 1120. The molecular weight excluding hydrogens is 391 g/mol. The first-order valence-corrected chi connectivity index (χ1v) is 8.64. The summed E-state index contributed by atoms with van der Waals surface area (Å²) in [6, 6.07) is 13.1. The monoisotopic (exact) mass is 406 g/mol. The highest BCUT2D eigenvalue weighted by Crippen LogP contribution is 2.12. The zero-order chi connectivity index (χ0) is 21.5. The van der Waals surface area contributed by atoms with Crippen LogP contribution in [0.5, 0.6) is 0 Å². The van der Waals surface area contributed by atoms with Gasteiger partial charge in [0.05, 0.1) is 18.6 Å². The van der Waals surface area contributed by atoms with Crippen LogP contribution in [-0.4, -0.2) is 27.3 Å². The number of rotatable bonds is 5. The molecule has 0 saturated carbocycles. The number of nitrogens with one attached hydrogen (secondary N) is 3. The van der Waals surface area contributed by atoms with Gasteiger partial charge in [0, 0.05) is 16.9 Å². The zero-order valence-corrected chi connectivity index (χ0v) is 15.4. The van der Waals surface area contributed by atoms with Gasteiger partial charge in [-0.05, 0) is 48.5 Å². The first-order valence-electron chi connectivity index (χ1n) is 8.64. The number of halogens is 1. The Hall–Kier alpha value is -4.52. The minimum Gasteiger partial charge on any atom is -0.325 e. The molecule has 9 nitrogen and oxygen atoms in total. The number of benzene rings is 2. The number of amides is 3. The topological polar surface area (TPSA) is 129 Å². The summed E-state index contributed by atoms with van der Waals surface area (Å²) >= 11 is 0. The molecule has 0 unspecified atom stereocenters. The van der Waals surface area contributed by atoms with Crippen molar-refractivity contribution in [2.24, 2.45) is 0 Å². The Labute approximate surface area is 170 Å². The number of nitriles is 1. The zero-order valence-electron chi connectivity index (χ0n) is 15.4. The second-order valence-corrected chi connectivity index (χ2v) is 5.99. The van der Waals surface area contributed by atoms with Crippen LogP contribution in [0.25, 0.3) is 5.69 Å². The molecule has 3 rings (SSSR count). The first-order chi connectivity index (χ1) is 14.5. The molecule has 3 amide bonds. The smallest absolute Gasteiger partial charge is 0.288 e. The molecule has 0 atom stereocenters. The number of anilines is 1. The van der Waals surface area contributed by atoms with Gasteiger partial charge in [-0.3, -0.25) is 29.8 Å². The highest BCUT2D eigenvalue weighted by molar-refractivity contribution is 5.99. The Kier molecular flexibility index (Phi) is 6.14. The van der Waals surface area contributed by atoms with Crippen LogP contribution in [0.3, 0.4) is 0 Å². The molecule has 0 spiro atoms. The number of nitrogens with zero attached hydrogens (tertiary/aromatic N) is 3. The molecule has 0 aliphatic heterocycles. The lowest BCUT2D eigenvalue weighted by atomic mass is 10.2. The first kappa shape index (κ1) is 20.2. The van der Waals surface area contributed by atoms with Gasteiger partial charge in [0.25, 0.3) is 11.8 Å². The van der Waals surface area contributed by atoms with Crippen molar-refractivity contribution < 1.29 is 18.8 Å². The number of hydrogen-bond donors (Lipinski definition) is 3. The standard InChI is InChI=1S/C20H15FN6O3/c21-14-3-7-16(8-4-14)27-12-23-11-17(27)20(30)26-25-19(29)13-1-5-15(6-2-13)24-18(28)9-10-22/h1-8,11-12H,9H2,(H,24,28)(H,25,29)(H,26,30). The summed E-state index contributed by atoms with van der Waals surface area (Å²) in [5.74, 6) is -2.07. The highest BCUT2D eigenvalue weighted by atomic mass is 19.1. The van der Waals surface area contributed by atoms with Gasteiger partial charge in [-0.15, -0.1) is 0 Å². The third-order valence-corrected chi connectivity index (χ3v) is 3.94. The van der Waals surface area contributed by atoms with Crippen LogP contribution < -0.4 is 16.2 Å². The number of aromatic nitrogens is 2. The van der Waals surface area contributed by atoms with Crippen molar-refractivity contribution in [1.29, 1.82) is 5.26 Å². The molecule has 0 bridgehead atoms. The lowest BCUT2D eigenvalue weighted by Gasteiger charge is -2.10. The molecule has 0 saturated heterocycles. The molecule has 150 valence electrons. The van der Waals surface area contributed by atoms with Crippen LogP contribution in [-0.2, 0) is 4.79 Å². The largest absolute Gasteiger partial charge is 0.325 e. The van der Waals surface area contributed by atoms with E-state index in [1.807, 2.05) is 0 Å². The van der Waals surface area contributed by atoms with Crippen LogP contribution >= 0.6 is 0 Å². The van der Waals surface area contributed by atoms with Crippen molar-refractivity contribution in [1.82, 2.24) is 20.4 Å². The van der Waals surface area contributed by atoms with E-state index in [0.29, 0.717) is 11.4 Å². The molecule has 3 N–H and O–H groups in total. The number of hydrazine groups is 1. The second-order valence-electron chi connectivity index (χ2n) is 5.99. The van der Waals surface area contributed by atoms with Gasteiger partial charge >= 0.3 is 0 Å². The number of hydrogen-bond acceptors (Lipinski definition) is 5. The minimum atomic E-state index is -0.620. The lowest BCUT2D eigenvalue weighted by Crippen LogP contribution is -2.42. The van der Waals surface area contributed by atoms with Crippen molar-refractivity contribution >= 4 is 23.4 Å². The Morgan fingerprint density at radius 1 is 1.00 bits per heavy atom. The van der Waals surface area contributed by atoms with Gasteiger partial charge in [-0.25, -0.2) is 9.37 Å². The van der Waals surface area contributed by atoms with Crippen molar-refractivity contribution in [2.75, 3.05) is 5.32 Å². The molecule has 0 aliphatic carbocycles. The van der Waals surface area contributed by atoms with Crippen molar-refractivity contribution in [2.45, 2.75) is 6.42 Å². The van der Waals surface area contributed by atoms with E-state index in [9.17, 15) is 18.8 Å². The summed E-state index contributed by atoms with van der Waals surface area (Å²) < 4.78 is 14.5. The van der Waals surface area contributed by atoms with Crippen molar-refractivity contribution in [3.8, 4) is 11.8 Å². The third-order valence-electron chi connectivity index (χ3n) is 3.94. The van der Waals surface area contributed by atoms with E-state index in [2.05, 4.69) is 21.2 Å². The average molecular weight is 406 g/mol. The maximum atomic E-state index is 13.1. The highest BCUT2D eigenvalue weighted by Gasteiger charge is 2.15. The van der Waals surface area contributed by atoms with Crippen LogP contribution in [0.2, 0.25) is 0 Å². The molecule has 0 fully saturated rings. The summed E-state index contributed by atoms with van der Waals surface area (Å²) in [4.78, 5) is 39.9. The van der Waals surface area contributed by atoms with Gasteiger partial charge in [-0.2, -0.15) is 5.26 Å². The van der Waals surface area contributed by atoms with E-state index in [1.165, 1.54) is 65.6 Å². The fraction of sp³-hybridized carbons (Fsp3) is 0.0500. The molecule has 30 heavy (non-hydrogen) atoms. The van der Waals surface area contributed by atoms with Crippen molar-refractivity contribution in [3.63, 3.8) is 0 Å². The lowest BCUT2D eigenvalue weighted by molar-refractivity contribution is -0.115. The van der Waals surface area contributed by atoms with Gasteiger partial charge < -0.3 is 5.32 Å². The third kappa shape index (κ3) is 4.85. The quantitative estimate of drug-likeness (QED) is 0.558. The van der Waals surface area contributed by atoms with Crippen LogP contribution in [0, 0.1) is 17.1 Å². The van der Waals surface area contributed by atoms with E-state index in [1.54, 1.807) is 6.07 Å². The molecule has 3 aromatic rings. The maximum absolute atomic E-state index is 13.1. The van der Waals surface area contributed by atoms with Crippen LogP contribution in [0.15, 0.2) is 61.1 Å². The molecule has 2 aromatic carbocycles. The van der Waals surface area contributed by atoms with Crippen molar-refractivity contribution in [3.05, 3.63) is 78.1 Å². The number of carbonyl (C=O) groups is 3. The molecule has 0 radical (unpaired) electrons. The predicted molar refractivity (Wildman–Crippen MR) is 104 cm³/mol. The molecule has 0 aliphatic rings. The average Bonchev–Trinajstić information content (AvgIpc) is 3.23. The molecular formula is C20H15FN6O3. The second kappa shape index (κ2) is 9.11. The van der Waals surface area contributed by atoms with Gasteiger partial charge in [0.1, 0.15) is 17.9 Å². The molecule has 1 heterocycles. The molecule has 10 heteroatoms. The van der Waals surface area contributed by atoms with E-state index in [4.69, 9.17) is 5.26 Å². The van der Waals surface area contributed by atoms with Gasteiger partial charge in [0.2, 0.25) is 5.91 Å². The minimum absolute atomic E-state index is 0.137. The summed E-state index contributed by atoms with van der Waals surface area (Å²) in [6.07, 6.45) is 2.43. The normalized spacial score (nSPS) is 10.0. The van der Waals surface area contributed by atoms with E-state index in [-0.39, 0.29) is 17.7 Å². The Morgan fingerprint density at radius 2 is 1.67 bits per heavy atom. The van der Waals surface area contributed by atoms with Gasteiger partial charge in [0.15, 0.2) is 0 Å². The Morgan fingerprint density at radius 3 is 2.33 bits per heavy atom. The summed E-state index contributed by atoms with van der Waals surface area (Å²) in [7, 11) is 0. The fourth-order valence-electron chi connectivity index (χ4n) is 2.50.